The van der Waals surface area contributed by atoms with Crippen molar-refractivity contribution in [2.75, 3.05) is 26.2 Å². The van der Waals surface area contributed by atoms with Crippen LogP contribution in [0, 0.1) is 5.92 Å². The molecule has 3 aliphatic heterocycles. The molecule has 2 atom stereocenters. The first-order valence-electron chi connectivity index (χ1n) is 10.4. The first kappa shape index (κ1) is 21.6. The number of aliphatic hydroxyl groups is 1. The Bertz CT molecular complexity index is 909. The molecule has 0 aliphatic carbocycles. The smallest absolute Gasteiger partial charge is 0.385 e. The Morgan fingerprint density at radius 2 is 1.84 bits per heavy atom. The number of likely N-dealkylation sites (tertiary alicyclic amines) is 2. The molecule has 0 spiro atoms. The number of benzene rings is 1. The van der Waals surface area contributed by atoms with Crippen molar-refractivity contribution in [2.45, 2.75) is 44.0 Å². The molecule has 0 radical (unpaired) electrons. The molecule has 1 aromatic carbocycles. The lowest BCUT2D eigenvalue weighted by Crippen LogP contribution is -2.53. The van der Waals surface area contributed by atoms with Gasteiger partial charge in [0, 0.05) is 39.0 Å². The van der Waals surface area contributed by atoms with Crippen molar-refractivity contribution < 1.29 is 27.9 Å². The van der Waals surface area contributed by atoms with Gasteiger partial charge in [-0.05, 0) is 30.9 Å². The Morgan fingerprint density at radius 1 is 1.16 bits per heavy atom. The topological polar surface area (TPSA) is 85.2 Å². The van der Waals surface area contributed by atoms with Gasteiger partial charge < -0.3 is 20.3 Å². The van der Waals surface area contributed by atoms with Crippen LogP contribution in [-0.2, 0) is 21.4 Å². The molecule has 1 aromatic rings. The Morgan fingerprint density at radius 3 is 2.48 bits per heavy atom. The third-order valence-corrected chi connectivity index (χ3v) is 6.59. The van der Waals surface area contributed by atoms with Crippen molar-refractivity contribution in [3.63, 3.8) is 0 Å². The molecule has 0 bridgehead atoms. The van der Waals surface area contributed by atoms with Gasteiger partial charge in [0.15, 0.2) is 0 Å². The highest BCUT2D eigenvalue weighted by Crippen LogP contribution is 2.41. The van der Waals surface area contributed by atoms with Gasteiger partial charge in [0.1, 0.15) is 5.71 Å². The highest BCUT2D eigenvalue weighted by atomic mass is 19.4. The van der Waals surface area contributed by atoms with Gasteiger partial charge in [0.05, 0.1) is 17.2 Å². The molecule has 0 saturated carbocycles. The number of carbonyl (C=O) groups excluding carboxylic acids is 2. The van der Waals surface area contributed by atoms with Crippen LogP contribution in [0.1, 0.15) is 37.3 Å². The van der Waals surface area contributed by atoms with E-state index in [1.54, 1.807) is 4.90 Å². The second-order valence-corrected chi connectivity index (χ2v) is 8.46. The fraction of sp³-hybridized carbons (Fsp3) is 0.571. The summed E-state index contributed by atoms with van der Waals surface area (Å²) < 4.78 is 40.2. The number of halogens is 3. The van der Waals surface area contributed by atoms with Crippen LogP contribution < -0.4 is 5.43 Å². The molecule has 10 heteroatoms. The summed E-state index contributed by atoms with van der Waals surface area (Å²) in [7, 11) is 0. The number of hydrogen-bond donors (Lipinski definition) is 2. The number of amides is 2. The lowest BCUT2D eigenvalue weighted by atomic mass is 9.81. The van der Waals surface area contributed by atoms with Gasteiger partial charge in [0.2, 0.25) is 5.91 Å². The molecule has 3 aliphatic rings. The fourth-order valence-corrected chi connectivity index (χ4v) is 4.76. The summed E-state index contributed by atoms with van der Waals surface area (Å²) in [6, 6.07) is 5.03. The van der Waals surface area contributed by atoms with Gasteiger partial charge >= 0.3 is 6.18 Å². The Hall–Kier alpha value is -2.62. The standard InChI is InChI=1S/C21H25F3N4O3/c1-13(29)28-9-6-17-14(12-28)18(26-25-17)19(30)27-10-7-20(31,8-11-27)15-4-2-3-5-16(15)21(22,23)24/h2-5,14,17,25,31H,6-12H2,1H3. The number of fused-ring (bicyclic) bond motifs is 1. The van der Waals surface area contributed by atoms with Gasteiger partial charge in [-0.2, -0.15) is 18.3 Å². The summed E-state index contributed by atoms with van der Waals surface area (Å²) in [5.41, 5.74) is 0.667. The maximum Gasteiger partial charge on any atom is 0.416 e. The minimum absolute atomic E-state index is 0.000206. The maximum absolute atomic E-state index is 13.4. The molecule has 3 heterocycles. The largest absolute Gasteiger partial charge is 0.416 e. The minimum atomic E-state index is -4.57. The molecule has 31 heavy (non-hydrogen) atoms. The average Bonchev–Trinajstić information content (AvgIpc) is 3.16. The lowest BCUT2D eigenvalue weighted by molar-refractivity contribution is -0.143. The zero-order valence-electron chi connectivity index (χ0n) is 17.2. The van der Waals surface area contributed by atoms with Crippen LogP contribution in [0.5, 0.6) is 0 Å². The zero-order valence-corrected chi connectivity index (χ0v) is 17.2. The quantitative estimate of drug-likeness (QED) is 0.736. The first-order chi connectivity index (χ1) is 14.6. The predicted octanol–water partition coefficient (Wildman–Crippen LogP) is 1.71. The molecular weight excluding hydrogens is 413 g/mol. The second-order valence-electron chi connectivity index (χ2n) is 8.46. The van der Waals surface area contributed by atoms with Crippen molar-refractivity contribution in [2.24, 2.45) is 11.0 Å². The molecular formula is C21H25F3N4O3. The lowest BCUT2D eigenvalue weighted by Gasteiger charge is -2.40. The molecule has 2 saturated heterocycles. The SMILES string of the molecule is CC(=O)N1CCC2NN=C(C(=O)N3CCC(O)(c4ccccc4C(F)(F)F)CC3)C2C1. The maximum atomic E-state index is 13.4. The monoisotopic (exact) mass is 438 g/mol. The summed E-state index contributed by atoms with van der Waals surface area (Å²) in [6.45, 7) is 2.75. The van der Waals surface area contributed by atoms with Crippen LogP contribution in [0.2, 0.25) is 0 Å². The van der Waals surface area contributed by atoms with Crippen molar-refractivity contribution in [3.05, 3.63) is 35.4 Å². The van der Waals surface area contributed by atoms with Gasteiger partial charge in [-0.1, -0.05) is 18.2 Å². The molecule has 7 nitrogen and oxygen atoms in total. The molecule has 2 fully saturated rings. The van der Waals surface area contributed by atoms with E-state index < -0.39 is 17.3 Å². The number of hydrogen-bond acceptors (Lipinski definition) is 5. The van der Waals surface area contributed by atoms with Gasteiger partial charge in [-0.15, -0.1) is 0 Å². The molecule has 0 aromatic heterocycles. The van der Waals surface area contributed by atoms with Crippen molar-refractivity contribution in [1.29, 1.82) is 0 Å². The van der Waals surface area contributed by atoms with Crippen LogP contribution >= 0.6 is 0 Å². The van der Waals surface area contributed by atoms with E-state index in [0.717, 1.165) is 6.07 Å². The van der Waals surface area contributed by atoms with E-state index in [9.17, 15) is 27.9 Å². The Kier molecular flexibility index (Phi) is 5.45. The van der Waals surface area contributed by atoms with E-state index in [-0.39, 0.29) is 55.3 Å². The molecule has 2 unspecified atom stereocenters. The van der Waals surface area contributed by atoms with E-state index in [4.69, 9.17) is 0 Å². The van der Waals surface area contributed by atoms with E-state index in [1.165, 1.54) is 30.0 Å². The van der Waals surface area contributed by atoms with Gasteiger partial charge in [-0.25, -0.2) is 0 Å². The zero-order chi connectivity index (χ0) is 22.4. The predicted molar refractivity (Wildman–Crippen MR) is 106 cm³/mol. The normalized spacial score (nSPS) is 25.5. The fourth-order valence-electron chi connectivity index (χ4n) is 4.76. The van der Waals surface area contributed by atoms with Crippen LogP contribution in [-0.4, -0.2) is 64.7 Å². The number of nitrogens with one attached hydrogen (secondary N) is 1. The number of hydrazone groups is 1. The van der Waals surface area contributed by atoms with Crippen LogP contribution in [0.15, 0.2) is 29.4 Å². The summed E-state index contributed by atoms with van der Waals surface area (Å²) in [4.78, 5) is 28.1. The van der Waals surface area contributed by atoms with E-state index in [2.05, 4.69) is 10.5 Å². The van der Waals surface area contributed by atoms with Crippen LogP contribution in [0.4, 0.5) is 13.2 Å². The summed E-state index contributed by atoms with van der Waals surface area (Å²) in [5.74, 6) is -0.558. The average molecular weight is 438 g/mol. The van der Waals surface area contributed by atoms with E-state index in [1.807, 2.05) is 0 Å². The summed E-state index contributed by atoms with van der Waals surface area (Å²) >= 11 is 0. The van der Waals surface area contributed by atoms with Crippen LogP contribution in [0.3, 0.4) is 0 Å². The Labute approximate surface area is 177 Å². The number of carbonyl (C=O) groups is 2. The number of nitrogens with zero attached hydrogens (tertiary/aromatic N) is 3. The summed E-state index contributed by atoms with van der Waals surface area (Å²) in [6.07, 6.45) is -3.87. The van der Waals surface area contributed by atoms with Crippen LogP contribution in [0.25, 0.3) is 0 Å². The highest BCUT2D eigenvalue weighted by Gasteiger charge is 2.45. The highest BCUT2D eigenvalue weighted by molar-refractivity contribution is 6.40. The first-order valence-corrected chi connectivity index (χ1v) is 10.4. The number of rotatable bonds is 2. The summed E-state index contributed by atoms with van der Waals surface area (Å²) in [5, 5.41) is 15.2. The molecule has 4 rings (SSSR count). The molecule has 168 valence electrons. The third-order valence-electron chi connectivity index (χ3n) is 6.59. The third kappa shape index (κ3) is 4.00. The molecule has 2 amide bonds. The van der Waals surface area contributed by atoms with E-state index >= 15 is 0 Å². The second kappa shape index (κ2) is 7.81. The van der Waals surface area contributed by atoms with Gasteiger partial charge in [-0.3, -0.25) is 9.59 Å². The number of piperidine rings is 2. The van der Waals surface area contributed by atoms with E-state index in [0.29, 0.717) is 25.2 Å². The van der Waals surface area contributed by atoms with Crippen molar-refractivity contribution in [1.82, 2.24) is 15.2 Å². The number of alkyl halides is 3. The minimum Gasteiger partial charge on any atom is -0.385 e. The van der Waals surface area contributed by atoms with Crippen molar-refractivity contribution >= 4 is 17.5 Å². The van der Waals surface area contributed by atoms with Crippen molar-refractivity contribution in [3.8, 4) is 0 Å². The Balaban J connectivity index is 1.46. The van der Waals surface area contributed by atoms with Gasteiger partial charge in [0.25, 0.3) is 5.91 Å². The molecule has 2 N–H and O–H groups in total.